The lowest BCUT2D eigenvalue weighted by Gasteiger charge is -2.14. The molecule has 0 spiro atoms. The van der Waals surface area contributed by atoms with Gasteiger partial charge >= 0.3 is 5.97 Å². The zero-order chi connectivity index (χ0) is 25.8. The molecule has 0 atom stereocenters. The van der Waals surface area contributed by atoms with Gasteiger partial charge in [-0.2, -0.15) is 0 Å². The molecule has 0 aromatic heterocycles. The Morgan fingerprint density at radius 1 is 0.778 bits per heavy atom. The minimum Gasteiger partial charge on any atom is -0.494 e. The number of aromatic carboxylic acids is 1. The number of benzene rings is 3. The highest BCUT2D eigenvalue weighted by atomic mass is 19.1. The zero-order valence-corrected chi connectivity index (χ0v) is 21.7. The van der Waals surface area contributed by atoms with Crippen molar-refractivity contribution in [2.45, 2.75) is 78.1 Å². The fourth-order valence-electron chi connectivity index (χ4n) is 4.56. The molecule has 0 fully saturated rings. The van der Waals surface area contributed by atoms with Gasteiger partial charge in [0.2, 0.25) is 0 Å². The number of carboxylic acid groups (broad SMARTS) is 1. The zero-order valence-electron chi connectivity index (χ0n) is 21.7. The first-order valence-electron chi connectivity index (χ1n) is 13.4. The van der Waals surface area contributed by atoms with Crippen LogP contribution in [-0.2, 0) is 6.42 Å². The van der Waals surface area contributed by atoms with Crippen molar-refractivity contribution in [1.82, 2.24) is 0 Å². The number of carbonyl (C=O) groups is 1. The number of ether oxygens (including phenoxy) is 1. The molecule has 0 unspecified atom stereocenters. The number of hydrogen-bond acceptors (Lipinski definition) is 2. The molecule has 0 amide bonds. The number of halogens is 1. The Morgan fingerprint density at radius 2 is 1.44 bits per heavy atom. The molecule has 0 bridgehead atoms. The Bertz CT molecular complexity index is 1100. The molecule has 0 radical (unpaired) electrons. The predicted octanol–water partition coefficient (Wildman–Crippen LogP) is 9.33. The van der Waals surface area contributed by atoms with Gasteiger partial charge in [-0.25, -0.2) is 9.18 Å². The summed E-state index contributed by atoms with van der Waals surface area (Å²) in [5, 5.41) is 10.1. The van der Waals surface area contributed by atoms with Crippen LogP contribution in [0.4, 0.5) is 4.39 Å². The highest BCUT2D eigenvalue weighted by Crippen LogP contribution is 2.35. The maximum Gasteiger partial charge on any atom is 0.336 e. The number of carboxylic acids is 1. The van der Waals surface area contributed by atoms with Gasteiger partial charge in [-0.3, -0.25) is 0 Å². The first kappa shape index (κ1) is 27.4. The van der Waals surface area contributed by atoms with Crippen molar-refractivity contribution in [3.63, 3.8) is 0 Å². The Morgan fingerprint density at radius 3 is 2.14 bits per heavy atom. The van der Waals surface area contributed by atoms with Crippen LogP contribution in [0.1, 0.15) is 87.6 Å². The summed E-state index contributed by atoms with van der Waals surface area (Å²) in [5.74, 6) is -0.692. The molecule has 0 aliphatic carbocycles. The van der Waals surface area contributed by atoms with Crippen molar-refractivity contribution in [2.24, 2.45) is 0 Å². The largest absolute Gasteiger partial charge is 0.494 e. The van der Waals surface area contributed by atoms with Gasteiger partial charge in [0.25, 0.3) is 0 Å². The van der Waals surface area contributed by atoms with Gasteiger partial charge in [-0.05, 0) is 59.7 Å². The van der Waals surface area contributed by atoms with Gasteiger partial charge in [0.05, 0.1) is 12.2 Å². The second-order valence-corrected chi connectivity index (χ2v) is 9.45. The van der Waals surface area contributed by atoms with Crippen molar-refractivity contribution in [3.8, 4) is 28.0 Å². The molecular weight excluding hydrogens is 451 g/mol. The van der Waals surface area contributed by atoms with E-state index in [0.717, 1.165) is 49.0 Å². The lowest BCUT2D eigenvalue weighted by atomic mass is 9.91. The van der Waals surface area contributed by atoms with E-state index in [1.54, 1.807) is 30.3 Å². The van der Waals surface area contributed by atoms with Crippen LogP contribution in [0.2, 0.25) is 0 Å². The van der Waals surface area contributed by atoms with Gasteiger partial charge in [-0.1, -0.05) is 101 Å². The number of aryl methyl sites for hydroxylation is 1. The fraction of sp³-hybridized carbons (Fsp3) is 0.406. The first-order valence-corrected chi connectivity index (χ1v) is 13.4. The second-order valence-electron chi connectivity index (χ2n) is 9.45. The molecule has 3 rings (SSSR count). The standard InChI is InChI=1S/C32H39FO3/c1-3-5-7-8-9-11-22-36-26-19-17-25(18-20-26)27-14-12-15-29(31(27)32(34)35)28-21-16-24(23-30(28)33)13-10-6-4-2/h12,14-21,23H,3-11,13,22H2,1-2H3,(H,34,35). The van der Waals surface area contributed by atoms with E-state index in [9.17, 15) is 9.90 Å². The summed E-state index contributed by atoms with van der Waals surface area (Å²) in [6.07, 6.45) is 11.3. The van der Waals surface area contributed by atoms with Crippen LogP contribution in [0.15, 0.2) is 60.7 Å². The Balaban J connectivity index is 1.76. The maximum atomic E-state index is 15.1. The van der Waals surface area contributed by atoms with E-state index in [-0.39, 0.29) is 11.4 Å². The summed E-state index contributed by atoms with van der Waals surface area (Å²) in [5.41, 5.74) is 3.07. The first-order chi connectivity index (χ1) is 17.5. The lowest BCUT2D eigenvalue weighted by molar-refractivity contribution is 0.0698. The molecule has 0 aliphatic rings. The van der Waals surface area contributed by atoms with Crippen molar-refractivity contribution in [1.29, 1.82) is 0 Å². The van der Waals surface area contributed by atoms with Crippen LogP contribution < -0.4 is 4.74 Å². The third kappa shape index (κ3) is 7.68. The van der Waals surface area contributed by atoms with Gasteiger partial charge in [0.15, 0.2) is 0 Å². The van der Waals surface area contributed by atoms with E-state index in [0.29, 0.717) is 23.3 Å². The highest BCUT2D eigenvalue weighted by Gasteiger charge is 2.20. The second kappa shape index (κ2) is 14.4. The summed E-state index contributed by atoms with van der Waals surface area (Å²) in [6.45, 7) is 5.03. The van der Waals surface area contributed by atoms with Crippen molar-refractivity contribution in [2.75, 3.05) is 6.61 Å². The number of rotatable bonds is 15. The van der Waals surface area contributed by atoms with E-state index < -0.39 is 5.97 Å². The van der Waals surface area contributed by atoms with E-state index >= 15 is 4.39 Å². The molecule has 4 heteroatoms. The number of unbranched alkanes of at least 4 members (excludes halogenated alkanes) is 7. The Hall–Kier alpha value is -3.14. The van der Waals surface area contributed by atoms with E-state index in [2.05, 4.69) is 13.8 Å². The molecule has 3 aromatic rings. The van der Waals surface area contributed by atoms with Crippen LogP contribution in [0, 0.1) is 5.82 Å². The van der Waals surface area contributed by atoms with E-state index in [4.69, 9.17) is 4.74 Å². The SMILES string of the molecule is CCCCCCCCOc1ccc(-c2cccc(-c3ccc(CCCCC)cc3F)c2C(=O)O)cc1. The molecule has 3 nitrogen and oxygen atoms in total. The molecule has 1 N–H and O–H groups in total. The molecular formula is C32H39FO3. The molecule has 0 heterocycles. The normalized spacial score (nSPS) is 11.0. The fourth-order valence-corrected chi connectivity index (χ4v) is 4.56. The van der Waals surface area contributed by atoms with Crippen LogP contribution in [0.3, 0.4) is 0 Å². The molecule has 36 heavy (non-hydrogen) atoms. The summed E-state index contributed by atoms with van der Waals surface area (Å²) in [4.78, 5) is 12.3. The molecule has 0 saturated heterocycles. The minimum atomic E-state index is -1.07. The maximum absolute atomic E-state index is 15.1. The Labute approximate surface area is 215 Å². The predicted molar refractivity (Wildman–Crippen MR) is 146 cm³/mol. The minimum absolute atomic E-state index is 0.107. The molecule has 3 aromatic carbocycles. The van der Waals surface area contributed by atoms with Crippen LogP contribution in [0.25, 0.3) is 22.3 Å². The smallest absolute Gasteiger partial charge is 0.336 e. The van der Waals surface area contributed by atoms with Crippen molar-refractivity contribution in [3.05, 3.63) is 77.6 Å². The highest BCUT2D eigenvalue weighted by molar-refractivity contribution is 6.03. The van der Waals surface area contributed by atoms with Gasteiger partial charge in [0, 0.05) is 5.56 Å². The lowest BCUT2D eigenvalue weighted by Crippen LogP contribution is -2.04. The van der Waals surface area contributed by atoms with Crippen LogP contribution in [0.5, 0.6) is 5.75 Å². The summed E-state index contributed by atoms with van der Waals surface area (Å²) in [6, 6.07) is 17.9. The summed E-state index contributed by atoms with van der Waals surface area (Å²) < 4.78 is 21.0. The van der Waals surface area contributed by atoms with Gasteiger partial charge in [0.1, 0.15) is 11.6 Å². The quantitative estimate of drug-likeness (QED) is 0.216. The number of hydrogen-bond donors (Lipinski definition) is 1. The average molecular weight is 491 g/mol. The molecule has 0 aliphatic heterocycles. The monoisotopic (exact) mass is 490 g/mol. The van der Waals surface area contributed by atoms with Gasteiger partial charge < -0.3 is 9.84 Å². The average Bonchev–Trinajstić information content (AvgIpc) is 2.88. The van der Waals surface area contributed by atoms with Crippen LogP contribution in [-0.4, -0.2) is 17.7 Å². The Kier molecular flexibility index (Phi) is 11.0. The summed E-state index contributed by atoms with van der Waals surface area (Å²) >= 11 is 0. The van der Waals surface area contributed by atoms with Crippen LogP contribution >= 0.6 is 0 Å². The third-order valence-corrected chi connectivity index (χ3v) is 6.60. The molecule has 192 valence electrons. The topological polar surface area (TPSA) is 46.5 Å². The third-order valence-electron chi connectivity index (χ3n) is 6.60. The van der Waals surface area contributed by atoms with E-state index in [1.807, 2.05) is 30.3 Å². The van der Waals surface area contributed by atoms with Crippen molar-refractivity contribution >= 4 is 5.97 Å². The molecule has 0 saturated carbocycles. The van der Waals surface area contributed by atoms with Gasteiger partial charge in [-0.15, -0.1) is 0 Å². The summed E-state index contributed by atoms with van der Waals surface area (Å²) in [7, 11) is 0. The van der Waals surface area contributed by atoms with Crippen molar-refractivity contribution < 1.29 is 19.0 Å². The van der Waals surface area contributed by atoms with E-state index in [1.165, 1.54) is 32.1 Å².